The molecule has 0 amide bonds. The Balaban J connectivity index is 1.60. The largest absolute Gasteiger partial charge is 0.370 e. The number of likely N-dealkylation sites (tertiary alicyclic amines) is 1. The molecule has 2 fully saturated rings. The Kier molecular flexibility index (Phi) is 1.74. The SMILES string of the molecule is NC1=NCC2(CCN(C3CC3)CC2)N1. The van der Waals surface area contributed by atoms with Crippen LogP contribution in [-0.2, 0) is 0 Å². The number of nitrogens with two attached hydrogens (primary N) is 1. The number of aliphatic imine (C=N–C) groups is 1. The smallest absolute Gasteiger partial charge is 0.189 e. The van der Waals surface area contributed by atoms with E-state index in [1.807, 2.05) is 0 Å². The maximum absolute atomic E-state index is 5.67. The number of nitrogens with one attached hydrogen (secondary N) is 1. The number of nitrogens with zero attached hydrogens (tertiary/aromatic N) is 2. The Hall–Kier alpha value is -0.770. The highest BCUT2D eigenvalue weighted by atomic mass is 15.3. The summed E-state index contributed by atoms with van der Waals surface area (Å²) in [5, 5.41) is 3.35. The maximum Gasteiger partial charge on any atom is 0.189 e. The Morgan fingerprint density at radius 1 is 1.36 bits per heavy atom. The van der Waals surface area contributed by atoms with Crippen molar-refractivity contribution in [1.82, 2.24) is 10.2 Å². The molecule has 3 rings (SSSR count). The average Bonchev–Trinajstić information content (AvgIpc) is 2.95. The zero-order valence-corrected chi connectivity index (χ0v) is 8.50. The molecule has 4 nitrogen and oxygen atoms in total. The molecule has 1 saturated heterocycles. The molecule has 2 heterocycles. The first kappa shape index (κ1) is 8.53. The van der Waals surface area contributed by atoms with Crippen molar-refractivity contribution in [2.24, 2.45) is 10.7 Å². The van der Waals surface area contributed by atoms with Crippen molar-refractivity contribution < 1.29 is 0 Å². The highest BCUT2D eigenvalue weighted by Gasteiger charge is 2.41. The molecule has 1 spiro atoms. The molecule has 2 aliphatic heterocycles. The van der Waals surface area contributed by atoms with Gasteiger partial charge in [0.1, 0.15) is 0 Å². The molecule has 0 bridgehead atoms. The van der Waals surface area contributed by atoms with Crippen molar-refractivity contribution in [2.45, 2.75) is 37.3 Å². The first-order valence-corrected chi connectivity index (χ1v) is 5.60. The Morgan fingerprint density at radius 2 is 2.07 bits per heavy atom. The van der Waals surface area contributed by atoms with Crippen molar-refractivity contribution in [3.63, 3.8) is 0 Å². The van der Waals surface area contributed by atoms with Gasteiger partial charge in [-0.15, -0.1) is 0 Å². The Morgan fingerprint density at radius 3 is 2.57 bits per heavy atom. The van der Waals surface area contributed by atoms with Crippen molar-refractivity contribution in [2.75, 3.05) is 19.6 Å². The van der Waals surface area contributed by atoms with Gasteiger partial charge in [-0.25, -0.2) is 0 Å². The first-order valence-electron chi connectivity index (χ1n) is 5.60. The minimum absolute atomic E-state index is 0.218. The van der Waals surface area contributed by atoms with E-state index in [0.717, 1.165) is 12.6 Å². The molecule has 0 radical (unpaired) electrons. The van der Waals surface area contributed by atoms with E-state index in [4.69, 9.17) is 5.73 Å². The lowest BCUT2D eigenvalue weighted by molar-refractivity contribution is 0.152. The lowest BCUT2D eigenvalue weighted by Gasteiger charge is -2.39. The molecule has 0 atom stereocenters. The van der Waals surface area contributed by atoms with Gasteiger partial charge < -0.3 is 16.0 Å². The van der Waals surface area contributed by atoms with Gasteiger partial charge in [0, 0.05) is 19.1 Å². The minimum atomic E-state index is 0.218. The van der Waals surface area contributed by atoms with Gasteiger partial charge in [0.15, 0.2) is 5.96 Å². The topological polar surface area (TPSA) is 53.6 Å². The summed E-state index contributed by atoms with van der Waals surface area (Å²) in [4.78, 5) is 6.89. The van der Waals surface area contributed by atoms with Crippen LogP contribution in [0.5, 0.6) is 0 Å². The monoisotopic (exact) mass is 194 g/mol. The molecule has 0 unspecified atom stereocenters. The summed E-state index contributed by atoms with van der Waals surface area (Å²) < 4.78 is 0. The van der Waals surface area contributed by atoms with Crippen LogP contribution in [0.25, 0.3) is 0 Å². The minimum Gasteiger partial charge on any atom is -0.370 e. The fourth-order valence-electron chi connectivity index (χ4n) is 2.63. The van der Waals surface area contributed by atoms with Crippen molar-refractivity contribution >= 4 is 5.96 Å². The summed E-state index contributed by atoms with van der Waals surface area (Å²) in [6.07, 6.45) is 5.24. The fraction of sp³-hybridized carbons (Fsp3) is 0.900. The summed E-state index contributed by atoms with van der Waals surface area (Å²) in [6.45, 7) is 3.33. The van der Waals surface area contributed by atoms with E-state index in [9.17, 15) is 0 Å². The molecule has 78 valence electrons. The number of guanidine groups is 1. The van der Waals surface area contributed by atoms with Gasteiger partial charge >= 0.3 is 0 Å². The van der Waals surface area contributed by atoms with Gasteiger partial charge in [-0.05, 0) is 25.7 Å². The van der Waals surface area contributed by atoms with Crippen LogP contribution in [0.2, 0.25) is 0 Å². The molecule has 1 aliphatic carbocycles. The van der Waals surface area contributed by atoms with E-state index in [1.165, 1.54) is 38.8 Å². The number of hydrogen-bond donors (Lipinski definition) is 2. The molecule has 14 heavy (non-hydrogen) atoms. The van der Waals surface area contributed by atoms with Crippen LogP contribution in [0.1, 0.15) is 25.7 Å². The van der Waals surface area contributed by atoms with E-state index in [1.54, 1.807) is 0 Å². The average molecular weight is 194 g/mol. The standard InChI is InChI=1S/C10H18N4/c11-9-12-7-10(13-9)3-5-14(6-4-10)8-1-2-8/h8H,1-7H2,(H3,11,12,13). The van der Waals surface area contributed by atoms with E-state index >= 15 is 0 Å². The molecule has 3 N–H and O–H groups in total. The summed E-state index contributed by atoms with van der Waals surface area (Å²) in [7, 11) is 0. The lowest BCUT2D eigenvalue weighted by Crippen LogP contribution is -2.55. The third-order valence-corrected chi connectivity index (χ3v) is 3.76. The van der Waals surface area contributed by atoms with Crippen molar-refractivity contribution in [3.05, 3.63) is 0 Å². The van der Waals surface area contributed by atoms with Gasteiger partial charge in [-0.1, -0.05) is 0 Å². The van der Waals surface area contributed by atoms with E-state index < -0.39 is 0 Å². The van der Waals surface area contributed by atoms with Gasteiger partial charge in [0.25, 0.3) is 0 Å². The summed E-state index contributed by atoms with van der Waals surface area (Å²) in [5.41, 5.74) is 5.89. The van der Waals surface area contributed by atoms with E-state index in [0.29, 0.717) is 5.96 Å². The summed E-state index contributed by atoms with van der Waals surface area (Å²) in [5.74, 6) is 0.643. The number of rotatable bonds is 1. The van der Waals surface area contributed by atoms with Crippen molar-refractivity contribution in [1.29, 1.82) is 0 Å². The van der Waals surface area contributed by atoms with Gasteiger partial charge in [0.05, 0.1) is 12.1 Å². The number of piperidine rings is 1. The van der Waals surface area contributed by atoms with Gasteiger partial charge in [-0.2, -0.15) is 0 Å². The first-order chi connectivity index (χ1) is 6.77. The van der Waals surface area contributed by atoms with Gasteiger partial charge in [0.2, 0.25) is 0 Å². The Labute approximate surface area is 84.6 Å². The summed E-state index contributed by atoms with van der Waals surface area (Å²) in [6, 6.07) is 0.909. The van der Waals surface area contributed by atoms with Crippen LogP contribution in [0.15, 0.2) is 4.99 Å². The predicted molar refractivity (Wildman–Crippen MR) is 56.2 cm³/mol. The predicted octanol–water partition coefficient (Wildman–Crippen LogP) is -0.0987. The van der Waals surface area contributed by atoms with E-state index in [-0.39, 0.29) is 5.54 Å². The third-order valence-electron chi connectivity index (χ3n) is 3.76. The maximum atomic E-state index is 5.67. The van der Waals surface area contributed by atoms with E-state index in [2.05, 4.69) is 15.2 Å². The van der Waals surface area contributed by atoms with Crippen LogP contribution in [0, 0.1) is 0 Å². The van der Waals surface area contributed by atoms with Crippen LogP contribution in [0.3, 0.4) is 0 Å². The molecular formula is C10H18N4. The second kappa shape index (κ2) is 2.86. The highest BCUT2D eigenvalue weighted by Crippen LogP contribution is 2.33. The quantitative estimate of drug-likeness (QED) is 0.613. The molecule has 0 aromatic heterocycles. The number of hydrogen-bond acceptors (Lipinski definition) is 4. The van der Waals surface area contributed by atoms with Crippen molar-refractivity contribution in [3.8, 4) is 0 Å². The normalized spacial score (nSPS) is 31.6. The fourth-order valence-corrected chi connectivity index (χ4v) is 2.63. The second-order valence-corrected chi connectivity index (χ2v) is 4.87. The lowest BCUT2D eigenvalue weighted by atomic mass is 9.88. The molecule has 4 heteroatoms. The van der Waals surface area contributed by atoms with Crippen LogP contribution in [-0.4, -0.2) is 42.1 Å². The zero-order chi connectivity index (χ0) is 9.60. The molecule has 0 aromatic rings. The second-order valence-electron chi connectivity index (χ2n) is 4.87. The zero-order valence-electron chi connectivity index (χ0n) is 8.50. The summed E-state index contributed by atoms with van der Waals surface area (Å²) >= 11 is 0. The van der Waals surface area contributed by atoms with Crippen LogP contribution in [0.4, 0.5) is 0 Å². The Bertz CT molecular complexity index is 261. The third kappa shape index (κ3) is 1.38. The molecule has 3 aliphatic rings. The molecule has 1 saturated carbocycles. The van der Waals surface area contributed by atoms with Crippen LogP contribution < -0.4 is 11.1 Å². The van der Waals surface area contributed by atoms with Crippen LogP contribution >= 0.6 is 0 Å². The molecule has 0 aromatic carbocycles. The van der Waals surface area contributed by atoms with Gasteiger partial charge in [-0.3, -0.25) is 4.99 Å². The highest BCUT2D eigenvalue weighted by molar-refractivity contribution is 5.80. The molecular weight excluding hydrogens is 176 g/mol.